The van der Waals surface area contributed by atoms with Crippen LogP contribution < -0.4 is 14.9 Å². The molecule has 0 amide bonds. The van der Waals surface area contributed by atoms with Gasteiger partial charge in [-0.25, -0.2) is 4.79 Å². The molecule has 1 N–H and O–H groups in total. The predicted octanol–water partition coefficient (Wildman–Crippen LogP) is 3.53. The number of carboxylic acid groups (broad SMARTS) is 1. The van der Waals surface area contributed by atoms with Crippen molar-refractivity contribution in [2.24, 2.45) is 5.92 Å². The molecule has 2 aliphatic rings. The van der Waals surface area contributed by atoms with E-state index >= 15 is 0 Å². The fourth-order valence-electron chi connectivity index (χ4n) is 4.33. The number of carboxylic acids is 1. The van der Waals surface area contributed by atoms with E-state index < -0.39 is 11.4 Å². The van der Waals surface area contributed by atoms with Gasteiger partial charge in [0.15, 0.2) is 16.9 Å². The molecule has 30 heavy (non-hydrogen) atoms. The monoisotopic (exact) mass is 413 g/mol. The fourth-order valence-corrected chi connectivity index (χ4v) is 4.33. The van der Waals surface area contributed by atoms with Crippen molar-refractivity contribution < 1.29 is 24.1 Å². The second-order valence-corrected chi connectivity index (χ2v) is 8.39. The Morgan fingerprint density at radius 1 is 1.13 bits per heavy atom. The summed E-state index contributed by atoms with van der Waals surface area (Å²) in [7, 11) is 3.30. The maximum absolute atomic E-state index is 12.4. The van der Waals surface area contributed by atoms with Crippen LogP contribution in [0.3, 0.4) is 0 Å². The molecule has 2 heterocycles. The van der Waals surface area contributed by atoms with Crippen LogP contribution in [0.15, 0.2) is 29.2 Å². The van der Waals surface area contributed by atoms with Crippen LogP contribution in [0.25, 0.3) is 11.3 Å². The smallest absolute Gasteiger partial charge is 0.341 e. The van der Waals surface area contributed by atoms with Crippen LogP contribution in [0.2, 0.25) is 0 Å². The van der Waals surface area contributed by atoms with Crippen molar-refractivity contribution in [3.63, 3.8) is 0 Å². The molecule has 0 bridgehead atoms. The summed E-state index contributed by atoms with van der Waals surface area (Å²) in [5.41, 5.74) is 1.93. The molecule has 4 rings (SSSR count). The molecule has 0 spiro atoms. The van der Waals surface area contributed by atoms with Crippen LogP contribution in [0, 0.1) is 5.92 Å². The van der Waals surface area contributed by atoms with E-state index in [0.29, 0.717) is 23.6 Å². The summed E-state index contributed by atoms with van der Waals surface area (Å²) in [5.74, 6) is 0.330. The van der Waals surface area contributed by atoms with E-state index in [0.717, 1.165) is 24.0 Å². The number of pyridine rings is 1. The Morgan fingerprint density at radius 3 is 2.47 bits per heavy atom. The van der Waals surface area contributed by atoms with Crippen LogP contribution in [-0.2, 0) is 11.2 Å². The Balaban J connectivity index is 1.79. The number of methoxy groups -OCH3 is 2. The largest absolute Gasteiger partial charge is 0.493 e. The van der Waals surface area contributed by atoms with Crippen LogP contribution in [0.4, 0.5) is 0 Å². The number of rotatable bonds is 6. The molecular formula is C23H27NO6. The highest BCUT2D eigenvalue weighted by atomic mass is 16.5. The number of benzene rings is 1. The highest BCUT2D eigenvalue weighted by molar-refractivity contribution is 5.88. The van der Waals surface area contributed by atoms with Crippen LogP contribution in [-0.4, -0.2) is 42.1 Å². The van der Waals surface area contributed by atoms with Crippen molar-refractivity contribution in [1.29, 1.82) is 0 Å². The lowest BCUT2D eigenvalue weighted by Crippen LogP contribution is -2.39. The summed E-state index contributed by atoms with van der Waals surface area (Å²) >= 11 is 0. The number of carbonyl (C=O) groups is 1. The number of nitrogens with zero attached hydrogens (tertiary/aromatic N) is 1. The molecule has 7 heteroatoms. The topological polar surface area (TPSA) is 87.0 Å². The maximum Gasteiger partial charge on any atom is 0.341 e. The highest BCUT2D eigenvalue weighted by Gasteiger charge is 2.33. The third kappa shape index (κ3) is 3.47. The molecule has 7 nitrogen and oxygen atoms in total. The molecule has 1 atom stereocenters. The molecule has 1 unspecified atom stereocenters. The molecule has 1 fully saturated rings. The lowest BCUT2D eigenvalue weighted by atomic mass is 9.87. The van der Waals surface area contributed by atoms with E-state index in [1.165, 1.54) is 12.3 Å². The van der Waals surface area contributed by atoms with E-state index in [1.807, 2.05) is 16.7 Å². The van der Waals surface area contributed by atoms with Gasteiger partial charge >= 0.3 is 5.97 Å². The third-order valence-corrected chi connectivity index (χ3v) is 6.21. The van der Waals surface area contributed by atoms with E-state index in [2.05, 4.69) is 13.8 Å². The first kappa shape index (κ1) is 20.5. The average molecular weight is 413 g/mol. The van der Waals surface area contributed by atoms with Gasteiger partial charge in [-0.05, 0) is 30.0 Å². The van der Waals surface area contributed by atoms with Gasteiger partial charge in [-0.3, -0.25) is 4.79 Å². The average Bonchev–Trinajstić information content (AvgIpc) is 2.68. The summed E-state index contributed by atoms with van der Waals surface area (Å²) in [6.45, 7) is 4.19. The molecule has 1 aliphatic heterocycles. The van der Waals surface area contributed by atoms with Gasteiger partial charge in [0.25, 0.3) is 0 Å². The number of aromatic carboxylic acids is 1. The van der Waals surface area contributed by atoms with E-state index in [4.69, 9.17) is 14.2 Å². The Bertz CT molecular complexity index is 1030. The lowest BCUT2D eigenvalue weighted by Gasteiger charge is -2.36. The quantitative estimate of drug-likeness (QED) is 0.780. The van der Waals surface area contributed by atoms with Crippen molar-refractivity contribution in [1.82, 2.24) is 4.57 Å². The van der Waals surface area contributed by atoms with Gasteiger partial charge in [0.1, 0.15) is 11.7 Å². The number of ether oxygens (including phenoxy) is 3. The Labute approximate surface area is 175 Å². The van der Waals surface area contributed by atoms with Crippen LogP contribution in [0.1, 0.15) is 48.7 Å². The molecule has 1 aromatic heterocycles. The van der Waals surface area contributed by atoms with E-state index in [1.54, 1.807) is 14.2 Å². The standard InChI is InChI=1S/C23H27NO6/c1-12(2)18-5-13-6-22(30-15-7-14(8-15)28-3)21(29-4)9-16(13)19-10-20(25)17(23(26)27)11-24(18)19/h6,9-12,14-15,18H,5,7-8H2,1-4H3,(H,26,27)/t14-,15-,18?. The van der Waals surface area contributed by atoms with E-state index in [-0.39, 0.29) is 29.7 Å². The number of hydrogen-bond acceptors (Lipinski definition) is 5. The normalized spacial score (nSPS) is 22.1. The molecule has 1 saturated carbocycles. The second-order valence-electron chi connectivity index (χ2n) is 8.39. The molecule has 0 saturated heterocycles. The minimum absolute atomic E-state index is 0.0361. The summed E-state index contributed by atoms with van der Waals surface area (Å²) in [6.07, 6.45) is 4.23. The highest BCUT2D eigenvalue weighted by Crippen LogP contribution is 2.43. The molecular weight excluding hydrogens is 386 g/mol. The predicted molar refractivity (Wildman–Crippen MR) is 112 cm³/mol. The third-order valence-electron chi connectivity index (χ3n) is 6.21. The van der Waals surface area contributed by atoms with Crippen molar-refractivity contribution in [3.05, 3.63) is 45.7 Å². The van der Waals surface area contributed by atoms with Gasteiger partial charge in [-0.1, -0.05) is 13.8 Å². The minimum atomic E-state index is -1.21. The summed E-state index contributed by atoms with van der Waals surface area (Å²) in [5, 5.41) is 9.40. The number of hydrogen-bond donors (Lipinski definition) is 1. The van der Waals surface area contributed by atoms with Gasteiger partial charge in [-0.2, -0.15) is 0 Å². The summed E-state index contributed by atoms with van der Waals surface area (Å²) in [6, 6.07) is 5.35. The maximum atomic E-state index is 12.4. The second kappa shape index (κ2) is 7.80. The lowest BCUT2D eigenvalue weighted by molar-refractivity contribution is -0.0388. The van der Waals surface area contributed by atoms with Crippen molar-refractivity contribution >= 4 is 5.97 Å². The van der Waals surface area contributed by atoms with Crippen molar-refractivity contribution in [3.8, 4) is 22.8 Å². The Morgan fingerprint density at radius 2 is 1.87 bits per heavy atom. The summed E-state index contributed by atoms with van der Waals surface area (Å²) in [4.78, 5) is 23.9. The van der Waals surface area contributed by atoms with Gasteiger partial charge in [0, 0.05) is 43.8 Å². The van der Waals surface area contributed by atoms with Crippen molar-refractivity contribution in [2.75, 3.05) is 14.2 Å². The minimum Gasteiger partial charge on any atom is -0.493 e. The SMILES string of the molecule is COc1cc2c(cc1O[C@H]1C[C@H](OC)C1)CC(C(C)C)n1cc(C(=O)O)c(=O)cc1-2. The molecule has 1 aromatic carbocycles. The molecule has 2 aromatic rings. The first-order chi connectivity index (χ1) is 14.3. The number of fused-ring (bicyclic) bond motifs is 3. The molecule has 1 aliphatic carbocycles. The number of aromatic nitrogens is 1. The van der Waals surface area contributed by atoms with Crippen LogP contribution in [0.5, 0.6) is 11.5 Å². The first-order valence-electron chi connectivity index (χ1n) is 10.2. The zero-order chi connectivity index (χ0) is 21.6. The fraction of sp³-hybridized carbons (Fsp3) is 0.478. The first-order valence-corrected chi connectivity index (χ1v) is 10.2. The van der Waals surface area contributed by atoms with E-state index in [9.17, 15) is 14.7 Å². The molecule has 0 radical (unpaired) electrons. The van der Waals surface area contributed by atoms with Crippen LogP contribution >= 0.6 is 0 Å². The Hall–Kier alpha value is -2.80. The zero-order valence-corrected chi connectivity index (χ0v) is 17.7. The van der Waals surface area contributed by atoms with Gasteiger partial charge < -0.3 is 23.9 Å². The van der Waals surface area contributed by atoms with Gasteiger partial charge in [0.2, 0.25) is 0 Å². The zero-order valence-electron chi connectivity index (χ0n) is 17.7. The van der Waals surface area contributed by atoms with Gasteiger partial charge in [-0.15, -0.1) is 0 Å². The Kier molecular flexibility index (Phi) is 5.32. The molecule has 160 valence electrons. The van der Waals surface area contributed by atoms with Gasteiger partial charge in [0.05, 0.1) is 18.9 Å². The summed E-state index contributed by atoms with van der Waals surface area (Å²) < 4.78 is 19.0. The van der Waals surface area contributed by atoms with Crippen molar-refractivity contribution in [2.45, 2.75) is 51.4 Å².